The molecule has 6 nitrogen and oxygen atoms in total. The average molecular weight is 380 g/mol. The fourth-order valence-electron chi connectivity index (χ4n) is 3.83. The molecule has 0 bridgehead atoms. The van der Waals surface area contributed by atoms with Crippen LogP contribution in [0.25, 0.3) is 6.08 Å². The van der Waals surface area contributed by atoms with Gasteiger partial charge in [0, 0.05) is 5.92 Å². The Morgan fingerprint density at radius 2 is 2.04 bits per heavy atom. The largest absolute Gasteiger partial charge is 0.483 e. The Labute approximate surface area is 163 Å². The molecule has 1 aliphatic carbocycles. The minimum atomic E-state index is -0.225. The average Bonchev–Trinajstić information content (AvgIpc) is 3.12. The summed E-state index contributed by atoms with van der Waals surface area (Å²) in [4.78, 5) is 24.9. The van der Waals surface area contributed by atoms with Crippen molar-refractivity contribution in [3.63, 3.8) is 0 Å². The van der Waals surface area contributed by atoms with E-state index < -0.39 is 0 Å². The van der Waals surface area contributed by atoms with Crippen molar-refractivity contribution in [1.29, 1.82) is 0 Å². The summed E-state index contributed by atoms with van der Waals surface area (Å²) in [5, 5.41) is 5.95. The van der Waals surface area contributed by atoms with Gasteiger partial charge in [-0.25, -0.2) is 0 Å². The van der Waals surface area contributed by atoms with Gasteiger partial charge in [-0.15, -0.1) is 0 Å². The Morgan fingerprint density at radius 3 is 2.79 bits per heavy atom. The number of carbonyl (C=O) groups excluding carboxylic acids is 2. The minimum Gasteiger partial charge on any atom is -0.483 e. The zero-order valence-corrected chi connectivity index (χ0v) is 15.8. The highest BCUT2D eigenvalue weighted by Crippen LogP contribution is 2.31. The van der Waals surface area contributed by atoms with Gasteiger partial charge in [0.25, 0.3) is 5.91 Å². The highest BCUT2D eigenvalue weighted by Gasteiger charge is 2.40. The third-order valence-electron chi connectivity index (χ3n) is 5.31. The maximum Gasteiger partial charge on any atom is 0.286 e. The molecule has 1 aromatic heterocycles. The number of amides is 2. The molecule has 1 saturated carbocycles. The summed E-state index contributed by atoms with van der Waals surface area (Å²) in [5.74, 6) is 1.53. The third-order valence-corrected chi connectivity index (χ3v) is 5.31. The molecule has 6 heteroatoms. The van der Waals surface area contributed by atoms with Crippen LogP contribution in [0.2, 0.25) is 0 Å². The summed E-state index contributed by atoms with van der Waals surface area (Å²) in [5.41, 5.74) is 0.923. The SMILES string of the molecule is Cc1ccc(CNC(=O)C2CCC3O/C(=C/c4ccccc4)C(=O)NC3C2)o1. The molecule has 0 radical (unpaired) electrons. The van der Waals surface area contributed by atoms with Gasteiger partial charge in [-0.1, -0.05) is 30.3 Å². The lowest BCUT2D eigenvalue weighted by Crippen LogP contribution is -2.54. The normalized spacial score (nSPS) is 25.5. The lowest BCUT2D eigenvalue weighted by Gasteiger charge is -2.39. The van der Waals surface area contributed by atoms with Gasteiger partial charge in [0.05, 0.1) is 12.6 Å². The smallest absolute Gasteiger partial charge is 0.286 e. The van der Waals surface area contributed by atoms with Crippen LogP contribution in [0.15, 0.2) is 52.6 Å². The summed E-state index contributed by atoms with van der Waals surface area (Å²) >= 11 is 0. The van der Waals surface area contributed by atoms with Crippen molar-refractivity contribution in [3.8, 4) is 0 Å². The number of hydrogen-bond acceptors (Lipinski definition) is 4. The van der Waals surface area contributed by atoms with Crippen molar-refractivity contribution in [3.05, 3.63) is 65.3 Å². The quantitative estimate of drug-likeness (QED) is 0.799. The molecule has 1 saturated heterocycles. The molecule has 3 atom stereocenters. The summed E-state index contributed by atoms with van der Waals surface area (Å²) in [6.07, 6.45) is 3.71. The maximum absolute atomic E-state index is 12.5. The van der Waals surface area contributed by atoms with Crippen molar-refractivity contribution >= 4 is 17.9 Å². The van der Waals surface area contributed by atoms with E-state index in [1.54, 1.807) is 6.08 Å². The molecule has 2 N–H and O–H groups in total. The van der Waals surface area contributed by atoms with E-state index in [0.717, 1.165) is 29.9 Å². The standard InChI is InChI=1S/C22H24N2O4/c1-14-7-9-17(27-14)13-23-21(25)16-8-10-19-18(12-16)24-22(26)20(28-19)11-15-5-3-2-4-6-15/h2-7,9,11,16,18-19H,8,10,12-13H2,1H3,(H,23,25)(H,24,26)/b20-11+. The van der Waals surface area contributed by atoms with Gasteiger partial charge in [-0.3, -0.25) is 9.59 Å². The molecular weight excluding hydrogens is 356 g/mol. The number of furan rings is 1. The number of benzene rings is 1. The van der Waals surface area contributed by atoms with Gasteiger partial charge in [0.2, 0.25) is 5.91 Å². The van der Waals surface area contributed by atoms with Crippen LogP contribution < -0.4 is 10.6 Å². The molecular formula is C22H24N2O4. The van der Waals surface area contributed by atoms with Crippen LogP contribution in [0, 0.1) is 12.8 Å². The van der Waals surface area contributed by atoms with Crippen LogP contribution in [0.5, 0.6) is 0 Å². The first-order chi connectivity index (χ1) is 13.6. The molecule has 1 aromatic carbocycles. The van der Waals surface area contributed by atoms with E-state index in [1.807, 2.05) is 49.4 Å². The molecule has 2 fully saturated rings. The Hall–Kier alpha value is -3.02. The number of fused-ring (bicyclic) bond motifs is 1. The first-order valence-electron chi connectivity index (χ1n) is 9.66. The third kappa shape index (κ3) is 4.11. The lowest BCUT2D eigenvalue weighted by molar-refractivity contribution is -0.135. The summed E-state index contributed by atoms with van der Waals surface area (Å²) in [7, 11) is 0. The summed E-state index contributed by atoms with van der Waals surface area (Å²) in [6.45, 7) is 2.25. The lowest BCUT2D eigenvalue weighted by atomic mass is 9.82. The van der Waals surface area contributed by atoms with E-state index in [0.29, 0.717) is 18.7 Å². The first kappa shape index (κ1) is 18.3. The number of morpholine rings is 1. The molecule has 3 unspecified atom stereocenters. The van der Waals surface area contributed by atoms with Gasteiger partial charge in [-0.2, -0.15) is 0 Å². The van der Waals surface area contributed by atoms with Gasteiger partial charge in [0.1, 0.15) is 17.6 Å². The van der Waals surface area contributed by atoms with Crippen molar-refractivity contribution < 1.29 is 18.7 Å². The predicted octanol–water partition coefficient (Wildman–Crippen LogP) is 2.93. The minimum absolute atomic E-state index is 0.00706. The van der Waals surface area contributed by atoms with Crippen LogP contribution in [-0.4, -0.2) is 24.0 Å². The molecule has 28 heavy (non-hydrogen) atoms. The van der Waals surface area contributed by atoms with Crippen LogP contribution in [0.1, 0.15) is 36.3 Å². The molecule has 0 spiro atoms. The Kier molecular flexibility index (Phi) is 5.19. The van der Waals surface area contributed by atoms with Crippen LogP contribution in [-0.2, 0) is 20.9 Å². The summed E-state index contributed by atoms with van der Waals surface area (Å²) in [6, 6.07) is 13.2. The van der Waals surface area contributed by atoms with Gasteiger partial charge in [-0.05, 0) is 50.0 Å². The molecule has 146 valence electrons. The second-order valence-corrected chi connectivity index (χ2v) is 7.40. The number of rotatable bonds is 4. The van der Waals surface area contributed by atoms with E-state index in [4.69, 9.17) is 9.15 Å². The Bertz CT molecular complexity index is 887. The van der Waals surface area contributed by atoms with E-state index >= 15 is 0 Å². The predicted molar refractivity (Wildman–Crippen MR) is 104 cm³/mol. The van der Waals surface area contributed by atoms with Crippen LogP contribution >= 0.6 is 0 Å². The number of ether oxygens (including phenoxy) is 1. The topological polar surface area (TPSA) is 80.6 Å². The van der Waals surface area contributed by atoms with E-state index in [-0.39, 0.29) is 29.9 Å². The van der Waals surface area contributed by atoms with E-state index in [9.17, 15) is 9.59 Å². The molecule has 2 aromatic rings. The monoisotopic (exact) mass is 380 g/mol. The maximum atomic E-state index is 12.5. The number of hydrogen-bond donors (Lipinski definition) is 2. The number of carbonyl (C=O) groups is 2. The van der Waals surface area contributed by atoms with Gasteiger partial charge < -0.3 is 19.8 Å². The highest BCUT2D eigenvalue weighted by atomic mass is 16.5. The second-order valence-electron chi connectivity index (χ2n) is 7.40. The zero-order chi connectivity index (χ0) is 19.5. The molecule has 2 amide bonds. The van der Waals surface area contributed by atoms with Crippen molar-refractivity contribution in [2.24, 2.45) is 5.92 Å². The highest BCUT2D eigenvalue weighted by molar-refractivity contribution is 5.96. The Balaban J connectivity index is 1.34. The fourth-order valence-corrected chi connectivity index (χ4v) is 3.83. The first-order valence-corrected chi connectivity index (χ1v) is 9.66. The molecule has 4 rings (SSSR count). The zero-order valence-electron chi connectivity index (χ0n) is 15.8. The second kappa shape index (κ2) is 7.92. The van der Waals surface area contributed by atoms with Gasteiger partial charge >= 0.3 is 0 Å². The number of aryl methyl sites for hydroxylation is 1. The fraction of sp³-hybridized carbons (Fsp3) is 0.364. The molecule has 2 heterocycles. The van der Waals surface area contributed by atoms with Crippen molar-refractivity contribution in [1.82, 2.24) is 10.6 Å². The van der Waals surface area contributed by atoms with E-state index in [1.165, 1.54) is 0 Å². The van der Waals surface area contributed by atoms with Crippen LogP contribution in [0.3, 0.4) is 0 Å². The molecule has 1 aliphatic heterocycles. The Morgan fingerprint density at radius 1 is 1.21 bits per heavy atom. The van der Waals surface area contributed by atoms with Crippen molar-refractivity contribution in [2.75, 3.05) is 0 Å². The molecule has 2 aliphatic rings. The van der Waals surface area contributed by atoms with Gasteiger partial charge in [0.15, 0.2) is 5.76 Å². The van der Waals surface area contributed by atoms with Crippen LogP contribution in [0.4, 0.5) is 0 Å². The van der Waals surface area contributed by atoms with Crippen molar-refractivity contribution in [2.45, 2.75) is 44.9 Å². The summed E-state index contributed by atoms with van der Waals surface area (Å²) < 4.78 is 11.5. The van der Waals surface area contributed by atoms with E-state index in [2.05, 4.69) is 10.6 Å². The number of nitrogens with one attached hydrogen (secondary N) is 2.